The molecule has 0 unspecified atom stereocenters. The van der Waals surface area contributed by atoms with E-state index in [0.29, 0.717) is 18.9 Å². The fraction of sp³-hybridized carbons (Fsp3) is 0.192. The number of methoxy groups -OCH3 is 1. The smallest absolute Gasteiger partial charge is 0.245 e. The average molecular weight is 444 g/mol. The first-order valence-electron chi connectivity index (χ1n) is 10.7. The van der Waals surface area contributed by atoms with Crippen LogP contribution in [0, 0.1) is 5.92 Å². The molecule has 3 aromatic rings. The molecule has 1 fully saturated rings. The van der Waals surface area contributed by atoms with Gasteiger partial charge in [-0.3, -0.25) is 9.59 Å². The standard InChI is InChI=1S/C26H25N3O4/c1-32-23-13-9-22(10-14-23)29-17-21(15-25(29)30)26(31)28-27-16-19-7-11-24(12-8-19)33-18-20-5-3-2-4-6-20/h2-14,16,21H,15,17-18H2,1H3,(H,28,31)/b27-16-/t21-/m1/s1. The Morgan fingerprint density at radius 3 is 2.42 bits per heavy atom. The lowest BCUT2D eigenvalue weighted by Gasteiger charge is -2.16. The maximum atomic E-state index is 12.5. The summed E-state index contributed by atoms with van der Waals surface area (Å²) in [6.45, 7) is 0.817. The van der Waals surface area contributed by atoms with Gasteiger partial charge in [0.1, 0.15) is 18.1 Å². The van der Waals surface area contributed by atoms with Crippen LogP contribution >= 0.6 is 0 Å². The minimum Gasteiger partial charge on any atom is -0.497 e. The van der Waals surface area contributed by atoms with Crippen molar-refractivity contribution in [2.75, 3.05) is 18.6 Å². The Labute approximate surface area is 192 Å². The lowest BCUT2D eigenvalue weighted by atomic mass is 10.1. The Balaban J connectivity index is 1.26. The molecule has 1 heterocycles. The first-order chi connectivity index (χ1) is 16.1. The fourth-order valence-electron chi connectivity index (χ4n) is 3.55. The molecule has 0 aromatic heterocycles. The van der Waals surface area contributed by atoms with Gasteiger partial charge in [0.25, 0.3) is 0 Å². The van der Waals surface area contributed by atoms with Crippen molar-refractivity contribution < 1.29 is 19.1 Å². The Morgan fingerprint density at radius 2 is 1.73 bits per heavy atom. The predicted molar refractivity (Wildman–Crippen MR) is 126 cm³/mol. The zero-order valence-electron chi connectivity index (χ0n) is 18.3. The summed E-state index contributed by atoms with van der Waals surface area (Å²) < 4.78 is 10.9. The zero-order valence-corrected chi connectivity index (χ0v) is 18.3. The van der Waals surface area contributed by atoms with Crippen LogP contribution in [-0.2, 0) is 16.2 Å². The third-order valence-electron chi connectivity index (χ3n) is 5.40. The zero-order chi connectivity index (χ0) is 23.0. The summed E-state index contributed by atoms with van der Waals surface area (Å²) in [5, 5.41) is 4.04. The first kappa shape index (κ1) is 22.1. The Hall–Kier alpha value is -4.13. The normalized spacial score (nSPS) is 15.6. The number of carbonyl (C=O) groups excluding carboxylic acids is 2. The van der Waals surface area contributed by atoms with Crippen molar-refractivity contribution in [2.45, 2.75) is 13.0 Å². The highest BCUT2D eigenvalue weighted by atomic mass is 16.5. The molecule has 4 rings (SSSR count). The summed E-state index contributed by atoms with van der Waals surface area (Å²) in [7, 11) is 1.59. The molecule has 7 heteroatoms. The van der Waals surface area contributed by atoms with Crippen molar-refractivity contribution in [3.8, 4) is 11.5 Å². The lowest BCUT2D eigenvalue weighted by Crippen LogP contribution is -2.30. The molecule has 0 spiro atoms. The first-order valence-corrected chi connectivity index (χ1v) is 10.7. The highest BCUT2D eigenvalue weighted by Crippen LogP contribution is 2.27. The van der Waals surface area contributed by atoms with Crippen LogP contribution in [0.2, 0.25) is 0 Å². The summed E-state index contributed by atoms with van der Waals surface area (Å²) in [6.07, 6.45) is 1.72. The topological polar surface area (TPSA) is 80.2 Å². The molecule has 7 nitrogen and oxygen atoms in total. The van der Waals surface area contributed by atoms with E-state index in [9.17, 15) is 9.59 Å². The molecular formula is C26H25N3O4. The van der Waals surface area contributed by atoms with E-state index in [4.69, 9.17) is 9.47 Å². The summed E-state index contributed by atoms with van der Waals surface area (Å²) in [5.74, 6) is 0.646. The summed E-state index contributed by atoms with van der Waals surface area (Å²) in [4.78, 5) is 26.5. The highest BCUT2D eigenvalue weighted by molar-refractivity contribution is 6.00. The van der Waals surface area contributed by atoms with E-state index in [-0.39, 0.29) is 18.2 Å². The van der Waals surface area contributed by atoms with Gasteiger partial charge in [0, 0.05) is 18.7 Å². The second-order valence-corrected chi connectivity index (χ2v) is 7.68. The number of hydrogen-bond acceptors (Lipinski definition) is 5. The maximum absolute atomic E-state index is 12.5. The molecule has 0 saturated carbocycles. The van der Waals surface area contributed by atoms with E-state index in [1.165, 1.54) is 0 Å². The van der Waals surface area contributed by atoms with E-state index in [1.807, 2.05) is 66.7 Å². The lowest BCUT2D eigenvalue weighted by molar-refractivity contribution is -0.126. The third-order valence-corrected chi connectivity index (χ3v) is 5.40. The maximum Gasteiger partial charge on any atom is 0.245 e. The van der Waals surface area contributed by atoms with Crippen LogP contribution in [0.3, 0.4) is 0 Å². The van der Waals surface area contributed by atoms with E-state index in [1.54, 1.807) is 30.4 Å². The number of hydrazone groups is 1. The monoisotopic (exact) mass is 443 g/mol. The SMILES string of the molecule is COc1ccc(N2C[C@H](C(=O)N/N=C\c3ccc(OCc4ccccc4)cc3)CC2=O)cc1. The number of nitrogens with one attached hydrogen (secondary N) is 1. The van der Waals surface area contributed by atoms with E-state index in [2.05, 4.69) is 10.5 Å². The van der Waals surface area contributed by atoms with Crippen LogP contribution in [0.1, 0.15) is 17.5 Å². The molecule has 1 saturated heterocycles. The number of amides is 2. The summed E-state index contributed by atoms with van der Waals surface area (Å²) >= 11 is 0. The van der Waals surface area contributed by atoms with Gasteiger partial charge in [-0.2, -0.15) is 5.10 Å². The van der Waals surface area contributed by atoms with Gasteiger partial charge < -0.3 is 14.4 Å². The third kappa shape index (κ3) is 5.77. The molecule has 33 heavy (non-hydrogen) atoms. The van der Waals surface area contributed by atoms with Crippen LogP contribution in [0.25, 0.3) is 0 Å². The van der Waals surface area contributed by atoms with Crippen molar-refractivity contribution >= 4 is 23.7 Å². The number of carbonyl (C=O) groups is 2. The Morgan fingerprint density at radius 1 is 1.03 bits per heavy atom. The van der Waals surface area contributed by atoms with Crippen molar-refractivity contribution in [3.05, 3.63) is 90.0 Å². The van der Waals surface area contributed by atoms with Crippen LogP contribution < -0.4 is 19.8 Å². The van der Waals surface area contributed by atoms with Crippen LogP contribution in [0.4, 0.5) is 5.69 Å². The van der Waals surface area contributed by atoms with E-state index < -0.39 is 5.92 Å². The highest BCUT2D eigenvalue weighted by Gasteiger charge is 2.35. The summed E-state index contributed by atoms with van der Waals surface area (Å²) in [6, 6.07) is 24.6. The van der Waals surface area contributed by atoms with Gasteiger partial charge in [0.2, 0.25) is 11.8 Å². The van der Waals surface area contributed by atoms with Gasteiger partial charge in [-0.15, -0.1) is 0 Å². The minimum atomic E-state index is -0.453. The van der Waals surface area contributed by atoms with Crippen LogP contribution in [0.15, 0.2) is 84.0 Å². The van der Waals surface area contributed by atoms with Crippen LogP contribution in [-0.4, -0.2) is 31.7 Å². The largest absolute Gasteiger partial charge is 0.497 e. The number of benzene rings is 3. The fourth-order valence-corrected chi connectivity index (χ4v) is 3.55. The molecular weight excluding hydrogens is 418 g/mol. The number of rotatable bonds is 8. The number of ether oxygens (including phenoxy) is 2. The van der Waals surface area contributed by atoms with Gasteiger partial charge in [-0.25, -0.2) is 5.43 Å². The molecule has 0 radical (unpaired) electrons. The van der Waals surface area contributed by atoms with Crippen molar-refractivity contribution in [1.29, 1.82) is 0 Å². The molecule has 0 bridgehead atoms. The van der Waals surface area contributed by atoms with Gasteiger partial charge in [0.05, 0.1) is 19.2 Å². The Bertz CT molecular complexity index is 1110. The quantitative estimate of drug-likeness (QED) is 0.425. The molecule has 1 atom stereocenters. The second kappa shape index (κ2) is 10.5. The average Bonchev–Trinajstić information content (AvgIpc) is 3.26. The molecule has 3 aromatic carbocycles. The number of hydrogen-bond donors (Lipinski definition) is 1. The van der Waals surface area contributed by atoms with Crippen molar-refractivity contribution in [2.24, 2.45) is 11.0 Å². The molecule has 1 aliphatic rings. The van der Waals surface area contributed by atoms with Gasteiger partial charge in [-0.1, -0.05) is 30.3 Å². The number of anilines is 1. The van der Waals surface area contributed by atoms with E-state index >= 15 is 0 Å². The molecule has 168 valence electrons. The minimum absolute atomic E-state index is 0.0876. The molecule has 1 N–H and O–H groups in total. The number of nitrogens with zero attached hydrogens (tertiary/aromatic N) is 2. The van der Waals surface area contributed by atoms with E-state index in [0.717, 1.165) is 22.6 Å². The molecule has 0 aliphatic carbocycles. The van der Waals surface area contributed by atoms with Crippen LogP contribution in [0.5, 0.6) is 11.5 Å². The van der Waals surface area contributed by atoms with Crippen molar-refractivity contribution in [1.82, 2.24) is 5.43 Å². The predicted octanol–water partition coefficient (Wildman–Crippen LogP) is 3.78. The molecule has 1 aliphatic heterocycles. The van der Waals surface area contributed by atoms with Gasteiger partial charge in [-0.05, 0) is 59.7 Å². The molecule has 2 amide bonds. The summed E-state index contributed by atoms with van der Waals surface area (Å²) in [5.41, 5.74) is 5.21. The van der Waals surface area contributed by atoms with Gasteiger partial charge >= 0.3 is 0 Å². The van der Waals surface area contributed by atoms with Crippen molar-refractivity contribution in [3.63, 3.8) is 0 Å². The Kier molecular flexibility index (Phi) is 6.99. The van der Waals surface area contributed by atoms with Gasteiger partial charge in [0.15, 0.2) is 0 Å². The second-order valence-electron chi connectivity index (χ2n) is 7.68.